The third-order valence-electron chi connectivity index (χ3n) is 7.68. The van der Waals surface area contributed by atoms with Crippen molar-refractivity contribution in [2.45, 2.75) is 71.8 Å². The molecule has 10 nitrogen and oxygen atoms in total. The van der Waals surface area contributed by atoms with E-state index < -0.39 is 63.2 Å². The first kappa shape index (κ1) is 29.2. The van der Waals surface area contributed by atoms with Crippen LogP contribution in [0, 0.1) is 39.9 Å². The van der Waals surface area contributed by atoms with E-state index in [1.54, 1.807) is 0 Å². The van der Waals surface area contributed by atoms with Crippen LogP contribution in [0.1, 0.15) is 47.5 Å². The molecule has 3 aliphatic rings. The topological polar surface area (TPSA) is 148 Å². The summed E-state index contributed by atoms with van der Waals surface area (Å²) in [7, 11) is -4.90. The maximum absolute atomic E-state index is 13.6. The Morgan fingerprint density at radius 3 is 2.38 bits per heavy atom. The molecule has 3 amide bonds. The van der Waals surface area contributed by atoms with Crippen LogP contribution in [-0.2, 0) is 24.4 Å². The van der Waals surface area contributed by atoms with Gasteiger partial charge in [-0.05, 0) is 35.5 Å². The molecule has 208 valence electrons. The minimum absolute atomic E-state index is 0.0688. The van der Waals surface area contributed by atoms with Gasteiger partial charge in [-0.15, -0.1) is 0 Å². The van der Waals surface area contributed by atoms with Gasteiger partial charge in [0.15, 0.2) is 5.75 Å². The summed E-state index contributed by atoms with van der Waals surface area (Å²) in [6.07, 6.45) is -4.36. The van der Waals surface area contributed by atoms with E-state index in [2.05, 4.69) is 10.6 Å². The van der Waals surface area contributed by atoms with E-state index in [1.807, 2.05) is 24.6 Å². The number of rotatable bonds is 8. The molecular formula is C23H34F3N5O5S. The first-order valence-corrected chi connectivity index (χ1v) is 13.8. The van der Waals surface area contributed by atoms with Crippen molar-refractivity contribution in [1.29, 1.82) is 5.26 Å². The molecule has 0 aromatic heterocycles. The second-order valence-corrected chi connectivity index (χ2v) is 13.6. The number of fused-ring (bicyclic) bond motifs is 1. The smallest absolute Gasteiger partial charge is 0.356 e. The van der Waals surface area contributed by atoms with Crippen LogP contribution in [0.15, 0.2) is 0 Å². The van der Waals surface area contributed by atoms with Gasteiger partial charge in [0, 0.05) is 19.0 Å². The molecule has 0 aromatic carbocycles. The summed E-state index contributed by atoms with van der Waals surface area (Å²) in [4.78, 5) is 40.2. The molecule has 0 aromatic rings. The van der Waals surface area contributed by atoms with Gasteiger partial charge >= 0.3 is 6.18 Å². The average Bonchev–Trinajstić information content (AvgIpc) is 3.08. The first-order valence-electron chi connectivity index (χ1n) is 12.1. The van der Waals surface area contributed by atoms with Gasteiger partial charge in [-0.1, -0.05) is 34.6 Å². The zero-order valence-electron chi connectivity index (χ0n) is 21.5. The van der Waals surface area contributed by atoms with Crippen molar-refractivity contribution >= 4 is 27.7 Å². The van der Waals surface area contributed by atoms with Crippen molar-refractivity contribution in [1.82, 2.24) is 20.3 Å². The molecule has 14 heteroatoms. The predicted molar refractivity (Wildman–Crippen MR) is 126 cm³/mol. The molecule has 1 aliphatic carbocycles. The van der Waals surface area contributed by atoms with E-state index in [-0.39, 0.29) is 36.1 Å². The standard InChI is InChI=1S/C23H34F3N5O5S/c1-21(2,3)17(30-37(35,36)11-23(24,25)26)20(34)31-10-14-15(22(14,4)5)16(31)19(33)29-13(9-27)8-12-6-7-28-18(12)32/h12-17,30H,6-8,10-11H2,1-5H3,(H,28,32)(H,29,33)/t12-,13-,14-,15+,16-,17+/m0/s1. The Bertz CT molecular complexity index is 1100. The Morgan fingerprint density at radius 2 is 1.89 bits per heavy atom. The lowest BCUT2D eigenvalue weighted by atomic mass is 9.86. The highest BCUT2D eigenvalue weighted by Gasteiger charge is 2.70. The number of alkyl halides is 3. The number of carbonyl (C=O) groups is 3. The molecule has 2 saturated heterocycles. The lowest BCUT2D eigenvalue weighted by Crippen LogP contribution is -2.60. The molecular weight excluding hydrogens is 515 g/mol. The van der Waals surface area contributed by atoms with Crippen LogP contribution >= 0.6 is 0 Å². The van der Waals surface area contributed by atoms with Crippen LogP contribution < -0.4 is 15.4 Å². The lowest BCUT2D eigenvalue weighted by Gasteiger charge is -2.37. The number of piperidine rings is 1. The molecule has 0 unspecified atom stereocenters. The van der Waals surface area contributed by atoms with E-state index in [9.17, 15) is 41.2 Å². The molecule has 0 spiro atoms. The predicted octanol–water partition coefficient (Wildman–Crippen LogP) is 0.900. The highest BCUT2D eigenvalue weighted by atomic mass is 32.2. The number of halogens is 3. The van der Waals surface area contributed by atoms with E-state index in [0.29, 0.717) is 13.0 Å². The van der Waals surface area contributed by atoms with Crippen LogP contribution in [0.3, 0.4) is 0 Å². The molecule has 2 heterocycles. The molecule has 0 bridgehead atoms. The number of likely N-dealkylation sites (tertiary alicyclic amines) is 1. The zero-order chi connectivity index (χ0) is 28.1. The van der Waals surface area contributed by atoms with E-state index in [1.165, 1.54) is 25.7 Å². The monoisotopic (exact) mass is 549 g/mol. The normalized spacial score (nSPS) is 28.6. The summed E-state index contributed by atoms with van der Waals surface area (Å²) in [6, 6.07) is -1.58. The third kappa shape index (κ3) is 6.37. The number of hydrogen-bond donors (Lipinski definition) is 3. The van der Waals surface area contributed by atoms with Gasteiger partial charge in [0.25, 0.3) is 0 Å². The maximum atomic E-state index is 13.6. The fourth-order valence-corrected chi connectivity index (χ4v) is 6.90. The summed E-state index contributed by atoms with van der Waals surface area (Å²) >= 11 is 0. The van der Waals surface area contributed by atoms with Gasteiger partial charge in [-0.25, -0.2) is 13.1 Å². The summed E-state index contributed by atoms with van der Waals surface area (Å²) in [5, 5.41) is 14.9. The Morgan fingerprint density at radius 1 is 1.27 bits per heavy atom. The Labute approximate surface area is 214 Å². The number of nitriles is 1. The van der Waals surface area contributed by atoms with Crippen molar-refractivity contribution < 1.29 is 36.0 Å². The minimum atomic E-state index is -5.00. The highest BCUT2D eigenvalue weighted by Crippen LogP contribution is 2.65. The van der Waals surface area contributed by atoms with Crippen molar-refractivity contribution in [3.63, 3.8) is 0 Å². The molecule has 0 radical (unpaired) electrons. The van der Waals surface area contributed by atoms with Crippen molar-refractivity contribution in [2.24, 2.45) is 28.6 Å². The van der Waals surface area contributed by atoms with Gasteiger partial charge in [-0.3, -0.25) is 14.4 Å². The van der Waals surface area contributed by atoms with Gasteiger partial charge in [0.1, 0.15) is 18.1 Å². The number of nitrogens with one attached hydrogen (secondary N) is 3. The number of hydrogen-bond acceptors (Lipinski definition) is 6. The Kier molecular flexibility index (Phi) is 7.66. The Balaban J connectivity index is 1.82. The lowest BCUT2D eigenvalue weighted by molar-refractivity contribution is -0.143. The number of nitrogens with zero attached hydrogens (tertiary/aromatic N) is 2. The van der Waals surface area contributed by atoms with E-state index >= 15 is 0 Å². The van der Waals surface area contributed by atoms with E-state index in [0.717, 1.165) is 0 Å². The maximum Gasteiger partial charge on any atom is 0.404 e. The largest absolute Gasteiger partial charge is 0.404 e. The summed E-state index contributed by atoms with van der Waals surface area (Å²) in [6.45, 7) is 9.02. The average molecular weight is 550 g/mol. The van der Waals surface area contributed by atoms with Crippen LogP contribution in [0.5, 0.6) is 0 Å². The fourth-order valence-electron chi connectivity index (χ4n) is 5.57. The quantitative estimate of drug-likeness (QED) is 0.410. The second-order valence-electron chi connectivity index (χ2n) is 11.9. The summed E-state index contributed by atoms with van der Waals surface area (Å²) < 4.78 is 64.8. The van der Waals surface area contributed by atoms with Crippen LogP contribution in [0.25, 0.3) is 0 Å². The number of sulfonamides is 1. The second kappa shape index (κ2) is 9.72. The molecule has 3 fully saturated rings. The van der Waals surface area contributed by atoms with Crippen molar-refractivity contribution in [3.05, 3.63) is 0 Å². The Hall–Kier alpha value is -2.40. The molecule has 1 saturated carbocycles. The fraction of sp³-hybridized carbons (Fsp3) is 0.826. The van der Waals surface area contributed by atoms with Gasteiger partial charge in [0.2, 0.25) is 27.7 Å². The SMILES string of the molecule is CC(C)(C)[C@H](NS(=O)(=O)CC(F)(F)F)C(=O)N1C[C@H]2[C@H]([C@H]1C(=O)N[C@H](C#N)C[C@@H]1CCNC1=O)C2(C)C. The summed E-state index contributed by atoms with van der Waals surface area (Å²) in [5.74, 6) is -4.51. The minimum Gasteiger partial charge on any atom is -0.356 e. The molecule has 6 atom stereocenters. The third-order valence-corrected chi connectivity index (χ3v) is 8.98. The summed E-state index contributed by atoms with van der Waals surface area (Å²) in [5.41, 5.74) is -1.40. The van der Waals surface area contributed by atoms with E-state index in [4.69, 9.17) is 0 Å². The van der Waals surface area contributed by atoms with Crippen LogP contribution in [-0.4, -0.2) is 74.2 Å². The molecule has 37 heavy (non-hydrogen) atoms. The van der Waals surface area contributed by atoms with Crippen molar-refractivity contribution in [3.8, 4) is 6.07 Å². The first-order chi connectivity index (χ1) is 16.8. The van der Waals surface area contributed by atoms with Crippen LogP contribution in [0.4, 0.5) is 13.2 Å². The zero-order valence-corrected chi connectivity index (χ0v) is 22.3. The molecule has 2 aliphatic heterocycles. The highest BCUT2D eigenvalue weighted by molar-refractivity contribution is 7.89. The van der Waals surface area contributed by atoms with Crippen LogP contribution in [0.2, 0.25) is 0 Å². The number of carbonyl (C=O) groups excluding carboxylic acids is 3. The van der Waals surface area contributed by atoms with Gasteiger partial charge in [0.05, 0.1) is 6.07 Å². The van der Waals surface area contributed by atoms with Crippen molar-refractivity contribution in [2.75, 3.05) is 18.8 Å². The molecule has 3 N–H and O–H groups in total. The van der Waals surface area contributed by atoms with Gasteiger partial charge in [-0.2, -0.15) is 18.4 Å². The number of amides is 3. The molecule has 3 rings (SSSR count). The van der Waals surface area contributed by atoms with Gasteiger partial charge < -0.3 is 15.5 Å².